The molecule has 1 fully saturated rings. The maximum Gasteiger partial charge on any atom is 0.229 e. The number of aromatic nitrogens is 9. The van der Waals surface area contributed by atoms with Crippen LogP contribution in [0, 0.1) is 5.92 Å². The minimum Gasteiger partial charge on any atom is -0.321 e. The summed E-state index contributed by atoms with van der Waals surface area (Å²) in [5.74, 6) is 1.23. The number of hydrogen-bond acceptors (Lipinski definition) is 8. The molecule has 142 valence electrons. The monoisotopic (exact) mass is 384 g/mol. The molecule has 0 amide bonds. The molecule has 10 nitrogen and oxygen atoms in total. The average Bonchev–Trinajstić information content (AvgIpc) is 3.29. The van der Waals surface area contributed by atoms with Gasteiger partial charge in [0.05, 0.1) is 34.8 Å². The molecule has 1 aliphatic carbocycles. The molecule has 0 atom stereocenters. The predicted molar refractivity (Wildman–Crippen MR) is 106 cm³/mol. The van der Waals surface area contributed by atoms with Crippen molar-refractivity contribution in [2.24, 2.45) is 5.92 Å². The second-order valence-electron chi connectivity index (χ2n) is 7.15. The third-order valence-electron chi connectivity index (χ3n) is 4.92. The van der Waals surface area contributed by atoms with E-state index >= 15 is 0 Å². The van der Waals surface area contributed by atoms with Crippen molar-refractivity contribution in [2.45, 2.75) is 19.4 Å². The average molecular weight is 384 g/mol. The van der Waals surface area contributed by atoms with Crippen LogP contribution in [-0.4, -0.2) is 44.7 Å². The third kappa shape index (κ3) is 3.04. The predicted octanol–water partition coefficient (Wildman–Crippen LogP) is 2.50. The summed E-state index contributed by atoms with van der Waals surface area (Å²) in [4.78, 5) is 17.6. The van der Waals surface area contributed by atoms with E-state index in [1.807, 2.05) is 29.1 Å². The van der Waals surface area contributed by atoms with Crippen molar-refractivity contribution in [3.8, 4) is 5.69 Å². The maximum atomic E-state index is 4.61. The lowest BCUT2D eigenvalue weighted by Crippen LogP contribution is -2.02. The minimum atomic E-state index is 0.465. The van der Waals surface area contributed by atoms with Crippen LogP contribution >= 0.6 is 0 Å². The Bertz CT molecular complexity index is 1330. The first-order valence-electron chi connectivity index (χ1n) is 9.41. The van der Waals surface area contributed by atoms with Crippen molar-refractivity contribution < 1.29 is 0 Å². The standard InChI is InChI=1S/C19H16N10/c1-2-12(1)10-28-11-13(8-23-28)24-19-22-9-17-18(25-19)29(27-26-17)14-3-4-15-16(7-14)21-6-5-20-15/h3-9,11-12H,1-2,10H2,(H,22,24,25). The van der Waals surface area contributed by atoms with Crippen molar-refractivity contribution >= 4 is 33.8 Å². The Morgan fingerprint density at radius 3 is 2.79 bits per heavy atom. The van der Waals surface area contributed by atoms with Crippen molar-refractivity contribution in [1.29, 1.82) is 0 Å². The molecule has 1 aliphatic rings. The topological polar surface area (TPSA) is 112 Å². The molecule has 4 aromatic heterocycles. The van der Waals surface area contributed by atoms with Crippen LogP contribution in [0.5, 0.6) is 0 Å². The number of benzene rings is 1. The van der Waals surface area contributed by atoms with Gasteiger partial charge in [0.1, 0.15) is 0 Å². The summed E-state index contributed by atoms with van der Waals surface area (Å²) >= 11 is 0. The number of fused-ring (bicyclic) bond motifs is 2. The summed E-state index contributed by atoms with van der Waals surface area (Å²) in [7, 11) is 0. The van der Waals surface area contributed by atoms with Crippen LogP contribution < -0.4 is 5.32 Å². The molecule has 0 spiro atoms. The number of anilines is 2. The summed E-state index contributed by atoms with van der Waals surface area (Å²) in [6.07, 6.45) is 11.3. The van der Waals surface area contributed by atoms with Gasteiger partial charge in [-0.15, -0.1) is 5.10 Å². The highest BCUT2D eigenvalue weighted by Crippen LogP contribution is 2.30. The van der Waals surface area contributed by atoms with Crippen LogP contribution in [-0.2, 0) is 6.54 Å². The Balaban J connectivity index is 1.34. The van der Waals surface area contributed by atoms with Crippen molar-refractivity contribution in [2.75, 3.05) is 5.32 Å². The molecule has 0 radical (unpaired) electrons. The summed E-state index contributed by atoms with van der Waals surface area (Å²) in [5.41, 5.74) is 4.48. The highest BCUT2D eigenvalue weighted by Gasteiger charge is 2.22. The van der Waals surface area contributed by atoms with Crippen molar-refractivity contribution in [1.82, 2.24) is 44.7 Å². The molecular formula is C19H16N10. The van der Waals surface area contributed by atoms with Gasteiger partial charge in [-0.2, -0.15) is 14.8 Å². The fourth-order valence-corrected chi connectivity index (χ4v) is 3.27. The smallest absolute Gasteiger partial charge is 0.229 e. The van der Waals surface area contributed by atoms with Crippen LogP contribution in [0.3, 0.4) is 0 Å². The molecule has 29 heavy (non-hydrogen) atoms. The number of hydrogen-bond donors (Lipinski definition) is 1. The van der Waals surface area contributed by atoms with Crippen molar-refractivity contribution in [3.05, 3.63) is 49.2 Å². The zero-order chi connectivity index (χ0) is 19.2. The van der Waals surface area contributed by atoms with Crippen LogP contribution in [0.15, 0.2) is 49.2 Å². The Labute approximate surface area is 164 Å². The van der Waals surface area contributed by atoms with Gasteiger partial charge in [0.2, 0.25) is 5.95 Å². The molecule has 10 heteroatoms. The van der Waals surface area contributed by atoms with Gasteiger partial charge in [0.25, 0.3) is 0 Å². The zero-order valence-electron chi connectivity index (χ0n) is 15.3. The van der Waals surface area contributed by atoms with E-state index in [1.165, 1.54) is 12.8 Å². The molecule has 5 aromatic rings. The van der Waals surface area contributed by atoms with E-state index in [-0.39, 0.29) is 0 Å². The van der Waals surface area contributed by atoms with Gasteiger partial charge in [-0.3, -0.25) is 14.6 Å². The Morgan fingerprint density at radius 1 is 1.00 bits per heavy atom. The largest absolute Gasteiger partial charge is 0.321 e. The summed E-state index contributed by atoms with van der Waals surface area (Å²) in [6.45, 7) is 0.961. The van der Waals surface area contributed by atoms with Crippen LogP contribution in [0.25, 0.3) is 27.9 Å². The van der Waals surface area contributed by atoms with Crippen LogP contribution in [0.2, 0.25) is 0 Å². The summed E-state index contributed by atoms with van der Waals surface area (Å²) in [6, 6.07) is 5.73. The summed E-state index contributed by atoms with van der Waals surface area (Å²) < 4.78 is 3.63. The first-order chi connectivity index (χ1) is 14.3. The second-order valence-corrected chi connectivity index (χ2v) is 7.15. The van der Waals surface area contributed by atoms with Crippen molar-refractivity contribution in [3.63, 3.8) is 0 Å². The molecule has 1 N–H and O–H groups in total. The van der Waals surface area contributed by atoms with E-state index in [9.17, 15) is 0 Å². The fraction of sp³-hybridized carbons (Fsp3) is 0.211. The second kappa shape index (κ2) is 6.30. The van der Waals surface area contributed by atoms with Gasteiger partial charge in [0.15, 0.2) is 11.2 Å². The highest BCUT2D eigenvalue weighted by molar-refractivity contribution is 5.78. The molecule has 6 rings (SSSR count). The lowest BCUT2D eigenvalue weighted by atomic mass is 10.2. The SMILES string of the molecule is c1cnc2cc(-n3nnc4cnc(Nc5cnn(CC6CC6)c5)nc43)ccc2n1. The van der Waals surface area contributed by atoms with Gasteiger partial charge < -0.3 is 5.32 Å². The lowest BCUT2D eigenvalue weighted by molar-refractivity contribution is 0.563. The Kier molecular flexibility index (Phi) is 3.48. The number of rotatable bonds is 5. The molecular weight excluding hydrogens is 368 g/mol. The first kappa shape index (κ1) is 16.0. The van der Waals surface area contributed by atoms with E-state index in [1.54, 1.807) is 29.5 Å². The van der Waals surface area contributed by atoms with Gasteiger partial charge >= 0.3 is 0 Å². The minimum absolute atomic E-state index is 0.465. The molecule has 0 bridgehead atoms. The fourth-order valence-electron chi connectivity index (χ4n) is 3.27. The van der Waals surface area contributed by atoms with E-state index in [4.69, 9.17) is 0 Å². The normalized spacial score (nSPS) is 13.9. The molecule has 0 unspecified atom stereocenters. The van der Waals surface area contributed by atoms with E-state index in [0.29, 0.717) is 17.1 Å². The zero-order valence-corrected chi connectivity index (χ0v) is 15.3. The maximum absolute atomic E-state index is 4.61. The molecule has 1 saturated carbocycles. The molecule has 0 aliphatic heterocycles. The first-order valence-corrected chi connectivity index (χ1v) is 9.41. The third-order valence-corrected chi connectivity index (χ3v) is 4.92. The quantitative estimate of drug-likeness (QED) is 0.492. The molecule has 1 aromatic carbocycles. The van der Waals surface area contributed by atoms with E-state index in [2.05, 4.69) is 40.7 Å². The van der Waals surface area contributed by atoms with Gasteiger partial charge in [0, 0.05) is 25.1 Å². The van der Waals surface area contributed by atoms with Crippen LogP contribution in [0.4, 0.5) is 11.6 Å². The number of nitrogens with one attached hydrogen (secondary N) is 1. The lowest BCUT2D eigenvalue weighted by Gasteiger charge is -2.04. The molecule has 0 saturated heterocycles. The van der Waals surface area contributed by atoms with Gasteiger partial charge in [-0.1, -0.05) is 5.21 Å². The Hall–Kier alpha value is -3.95. The van der Waals surface area contributed by atoms with E-state index in [0.717, 1.165) is 34.9 Å². The van der Waals surface area contributed by atoms with Crippen LogP contribution in [0.1, 0.15) is 12.8 Å². The molecule has 4 heterocycles. The van der Waals surface area contributed by atoms with Gasteiger partial charge in [-0.05, 0) is 37.0 Å². The Morgan fingerprint density at radius 2 is 1.90 bits per heavy atom. The summed E-state index contributed by atoms with van der Waals surface area (Å²) in [5, 5.41) is 16.0. The number of nitrogens with zero attached hydrogens (tertiary/aromatic N) is 9. The highest BCUT2D eigenvalue weighted by atomic mass is 15.4. The van der Waals surface area contributed by atoms with E-state index < -0.39 is 0 Å². The van der Waals surface area contributed by atoms with Gasteiger partial charge in [-0.25, -0.2) is 4.98 Å².